The highest BCUT2D eigenvalue weighted by Gasteiger charge is 2.49. The summed E-state index contributed by atoms with van der Waals surface area (Å²) in [5.41, 5.74) is -1.08. The average Bonchev–Trinajstić information content (AvgIpc) is 3.53. The third-order valence-electron chi connectivity index (χ3n) is 8.95. The Hall–Kier alpha value is -4.10. The molecular formula is C35H36F4N4O2. The number of fused-ring (bicyclic) bond motifs is 3. The highest BCUT2D eigenvalue weighted by atomic mass is 19.1. The molecule has 4 aromatic rings. The molecule has 1 aromatic heterocycles. The summed E-state index contributed by atoms with van der Waals surface area (Å²) in [6.45, 7) is 8.48. The average molecular weight is 621 g/mol. The Bertz CT molecular complexity index is 1820. The minimum atomic E-state index is -1.02. The van der Waals surface area contributed by atoms with Gasteiger partial charge in [-0.1, -0.05) is 38.8 Å². The summed E-state index contributed by atoms with van der Waals surface area (Å²) in [7, 11) is 0. The predicted octanol–water partition coefficient (Wildman–Crippen LogP) is 7.38. The Labute approximate surface area is 260 Å². The molecule has 45 heavy (non-hydrogen) atoms. The van der Waals surface area contributed by atoms with Crippen molar-refractivity contribution in [3.05, 3.63) is 53.3 Å². The van der Waals surface area contributed by atoms with Crippen molar-refractivity contribution in [1.82, 2.24) is 14.9 Å². The summed E-state index contributed by atoms with van der Waals surface area (Å²) in [6.07, 6.45) is 7.53. The van der Waals surface area contributed by atoms with Crippen LogP contribution in [0.15, 0.2) is 30.3 Å². The van der Waals surface area contributed by atoms with E-state index in [0.29, 0.717) is 31.9 Å². The van der Waals surface area contributed by atoms with Gasteiger partial charge in [-0.3, -0.25) is 4.90 Å². The first-order chi connectivity index (χ1) is 21.6. The van der Waals surface area contributed by atoms with E-state index < -0.39 is 40.5 Å². The van der Waals surface area contributed by atoms with E-state index in [1.165, 1.54) is 24.3 Å². The van der Waals surface area contributed by atoms with Crippen molar-refractivity contribution in [3.8, 4) is 35.2 Å². The van der Waals surface area contributed by atoms with Gasteiger partial charge in [-0.25, -0.2) is 17.6 Å². The first-order valence-electron chi connectivity index (χ1n) is 15.4. The van der Waals surface area contributed by atoms with Crippen LogP contribution in [0.5, 0.6) is 11.8 Å². The number of benzene rings is 3. The van der Waals surface area contributed by atoms with E-state index >= 15 is 8.78 Å². The zero-order chi connectivity index (χ0) is 32.0. The predicted molar refractivity (Wildman–Crippen MR) is 168 cm³/mol. The van der Waals surface area contributed by atoms with E-state index in [0.717, 1.165) is 31.9 Å². The Balaban J connectivity index is 1.56. The Morgan fingerprint density at radius 1 is 1.18 bits per heavy atom. The number of terminal acetylenes is 1. The highest BCUT2D eigenvalue weighted by Crippen LogP contribution is 2.43. The van der Waals surface area contributed by atoms with Gasteiger partial charge >= 0.3 is 6.01 Å². The van der Waals surface area contributed by atoms with Crippen molar-refractivity contribution >= 4 is 27.5 Å². The topological polar surface area (TPSA) is 61.7 Å². The van der Waals surface area contributed by atoms with E-state index in [2.05, 4.69) is 20.8 Å². The molecule has 236 valence electrons. The van der Waals surface area contributed by atoms with Crippen LogP contribution in [-0.4, -0.2) is 64.5 Å². The van der Waals surface area contributed by atoms with Crippen molar-refractivity contribution in [1.29, 1.82) is 0 Å². The third kappa shape index (κ3) is 5.41. The van der Waals surface area contributed by atoms with Crippen LogP contribution in [0.4, 0.5) is 23.4 Å². The molecule has 3 heterocycles. The maximum Gasteiger partial charge on any atom is 0.319 e. The second-order valence-electron chi connectivity index (χ2n) is 12.6. The zero-order valence-electron chi connectivity index (χ0n) is 25.6. The molecule has 0 saturated carbocycles. The molecule has 2 aliphatic heterocycles. The van der Waals surface area contributed by atoms with Crippen LogP contribution < -0.4 is 9.64 Å². The van der Waals surface area contributed by atoms with Crippen molar-refractivity contribution < 1.29 is 27.4 Å². The molecule has 0 aliphatic carbocycles. The minimum Gasteiger partial charge on any atom is -0.505 e. The van der Waals surface area contributed by atoms with Crippen molar-refractivity contribution in [2.45, 2.75) is 58.2 Å². The monoisotopic (exact) mass is 620 g/mol. The van der Waals surface area contributed by atoms with E-state index in [1.54, 1.807) is 0 Å². The van der Waals surface area contributed by atoms with Crippen molar-refractivity contribution in [2.75, 3.05) is 37.7 Å². The molecule has 2 fully saturated rings. The molecule has 6 nitrogen and oxygen atoms in total. The van der Waals surface area contributed by atoms with Gasteiger partial charge in [-0.2, -0.15) is 9.97 Å². The summed E-state index contributed by atoms with van der Waals surface area (Å²) in [5, 5.41) is 10.6. The summed E-state index contributed by atoms with van der Waals surface area (Å²) in [5.74, 6) is -0.699. The number of aromatic hydroxyl groups is 1. The minimum absolute atomic E-state index is 0.0686. The molecule has 2 atom stereocenters. The number of aromatic nitrogens is 2. The zero-order valence-corrected chi connectivity index (χ0v) is 25.6. The van der Waals surface area contributed by atoms with E-state index in [1.807, 2.05) is 25.7 Å². The molecule has 2 aliphatic rings. The summed E-state index contributed by atoms with van der Waals surface area (Å²) in [4.78, 5) is 13.2. The van der Waals surface area contributed by atoms with Crippen LogP contribution in [0.25, 0.3) is 32.8 Å². The molecule has 1 N–H and O–H groups in total. The maximum absolute atomic E-state index is 16.8. The Kier molecular flexibility index (Phi) is 8.25. The number of alkyl halides is 1. The highest BCUT2D eigenvalue weighted by molar-refractivity contribution is 6.04. The SMILES string of the molecule is C#Cc1cccc2c(F)c(O)cc(-c3c(F)cc4c(N(CCC)CC(C)C)nc(OCC56CCCN5C[C@H](F)C6)nc4c3F)c12. The van der Waals surface area contributed by atoms with E-state index in [-0.39, 0.29) is 51.3 Å². The lowest BCUT2D eigenvalue weighted by Gasteiger charge is -2.31. The number of halogens is 4. The third-order valence-corrected chi connectivity index (χ3v) is 8.95. The second-order valence-corrected chi connectivity index (χ2v) is 12.6. The molecule has 0 amide bonds. The number of hydrogen-bond acceptors (Lipinski definition) is 6. The number of hydrogen-bond donors (Lipinski definition) is 1. The fraction of sp³-hybridized carbons (Fsp3) is 0.429. The number of phenolic OH excluding ortho intramolecular Hbond substituents is 1. The molecule has 0 radical (unpaired) electrons. The summed E-state index contributed by atoms with van der Waals surface area (Å²) >= 11 is 0. The molecule has 2 saturated heterocycles. The van der Waals surface area contributed by atoms with Crippen LogP contribution >= 0.6 is 0 Å². The lowest BCUT2D eigenvalue weighted by Crippen LogP contribution is -2.43. The lowest BCUT2D eigenvalue weighted by molar-refractivity contribution is 0.107. The molecule has 3 aromatic carbocycles. The number of phenols is 1. The second kappa shape index (κ2) is 12.0. The van der Waals surface area contributed by atoms with Crippen LogP contribution in [0.1, 0.15) is 52.0 Å². The fourth-order valence-corrected chi connectivity index (χ4v) is 7.11. The number of rotatable bonds is 9. The van der Waals surface area contributed by atoms with Gasteiger partial charge in [0.25, 0.3) is 0 Å². The summed E-state index contributed by atoms with van der Waals surface area (Å²) < 4.78 is 68.6. The van der Waals surface area contributed by atoms with Gasteiger partial charge in [0.15, 0.2) is 17.4 Å². The lowest BCUT2D eigenvalue weighted by atomic mass is 9.92. The van der Waals surface area contributed by atoms with Gasteiger partial charge in [-0.05, 0) is 49.9 Å². The molecule has 0 spiro atoms. The molecule has 0 bridgehead atoms. The van der Waals surface area contributed by atoms with Crippen molar-refractivity contribution in [2.24, 2.45) is 5.92 Å². The van der Waals surface area contributed by atoms with Crippen LogP contribution in [-0.2, 0) is 0 Å². The van der Waals surface area contributed by atoms with Gasteiger partial charge in [0.2, 0.25) is 0 Å². The van der Waals surface area contributed by atoms with Crippen LogP contribution in [0.2, 0.25) is 0 Å². The van der Waals surface area contributed by atoms with Crippen LogP contribution in [0, 0.1) is 35.7 Å². The molecule has 10 heteroatoms. The number of anilines is 1. The van der Waals surface area contributed by atoms with Gasteiger partial charge in [0.05, 0.1) is 11.1 Å². The largest absolute Gasteiger partial charge is 0.505 e. The summed E-state index contributed by atoms with van der Waals surface area (Å²) in [6, 6.07) is 6.49. The first-order valence-corrected chi connectivity index (χ1v) is 15.4. The molecule has 6 rings (SSSR count). The number of ether oxygens (including phenoxy) is 1. The number of nitrogens with zero attached hydrogens (tertiary/aromatic N) is 4. The Morgan fingerprint density at radius 2 is 1.98 bits per heavy atom. The standard InChI is InChI=1S/C35H36F4N4O2/c1-5-12-42(17-20(3)4)33-25-14-26(37)29(24-15-27(44)30(38)23-10-7-9-21(6-2)28(23)24)31(39)32(25)40-34(41-33)45-19-35-11-8-13-43(35)18-22(36)16-35/h2,7,9-10,14-15,20,22,44H,5,8,11-13,16-19H2,1,3-4H3/t22-,35?/m1/s1. The maximum atomic E-state index is 16.8. The fourth-order valence-electron chi connectivity index (χ4n) is 7.11. The quantitative estimate of drug-likeness (QED) is 0.156. The van der Waals surface area contributed by atoms with Crippen molar-refractivity contribution in [3.63, 3.8) is 0 Å². The molecule has 1 unspecified atom stereocenters. The Morgan fingerprint density at radius 3 is 2.71 bits per heavy atom. The van der Waals surface area contributed by atoms with Gasteiger partial charge < -0.3 is 14.7 Å². The smallest absolute Gasteiger partial charge is 0.319 e. The first kappa shape index (κ1) is 30.9. The van der Waals surface area contributed by atoms with Gasteiger partial charge in [0.1, 0.15) is 29.9 Å². The normalized spacial score (nSPS) is 19.8. The van der Waals surface area contributed by atoms with E-state index in [4.69, 9.17) is 11.2 Å². The van der Waals surface area contributed by atoms with Gasteiger partial charge in [-0.15, -0.1) is 6.42 Å². The van der Waals surface area contributed by atoms with Crippen LogP contribution in [0.3, 0.4) is 0 Å². The van der Waals surface area contributed by atoms with Gasteiger partial charge in [0, 0.05) is 53.3 Å². The van der Waals surface area contributed by atoms with E-state index in [9.17, 15) is 13.9 Å². The molecular weight excluding hydrogens is 584 g/mol.